The summed E-state index contributed by atoms with van der Waals surface area (Å²) in [6.07, 6.45) is 0. The average Bonchev–Trinajstić information content (AvgIpc) is 2.99. The SMILES string of the molecule is COc1c(O)cc2oc(-c3ccccc3)cc(=O)c2c1O.COc1cc2oc(-c3ccccc3)cc(=O)c2c(O)c1O. The highest BCUT2D eigenvalue weighted by atomic mass is 16.5. The monoisotopic (exact) mass is 568 g/mol. The number of hydrogen-bond acceptors (Lipinski definition) is 10. The Bertz CT molecular complexity index is 2030. The van der Waals surface area contributed by atoms with Gasteiger partial charge in [-0.2, -0.15) is 0 Å². The van der Waals surface area contributed by atoms with E-state index in [2.05, 4.69) is 0 Å². The second kappa shape index (κ2) is 11.3. The van der Waals surface area contributed by atoms with Crippen LogP contribution in [0.3, 0.4) is 0 Å². The molecule has 4 aromatic carbocycles. The van der Waals surface area contributed by atoms with Crippen LogP contribution in [0.4, 0.5) is 0 Å². The van der Waals surface area contributed by atoms with Gasteiger partial charge < -0.3 is 38.7 Å². The zero-order chi connectivity index (χ0) is 30.0. The zero-order valence-corrected chi connectivity index (χ0v) is 22.3. The maximum atomic E-state index is 12.2. The maximum Gasteiger partial charge on any atom is 0.203 e. The number of ether oxygens (including phenoxy) is 2. The molecule has 0 amide bonds. The van der Waals surface area contributed by atoms with E-state index in [1.165, 1.54) is 38.5 Å². The van der Waals surface area contributed by atoms with Gasteiger partial charge in [0.15, 0.2) is 33.9 Å². The third kappa shape index (κ3) is 5.04. The van der Waals surface area contributed by atoms with Crippen LogP contribution in [0.2, 0.25) is 0 Å². The number of benzene rings is 4. The van der Waals surface area contributed by atoms with Crippen LogP contribution in [0.15, 0.2) is 103 Å². The molecule has 212 valence electrons. The van der Waals surface area contributed by atoms with Crippen LogP contribution >= 0.6 is 0 Å². The van der Waals surface area contributed by atoms with Crippen LogP contribution in [0.1, 0.15) is 0 Å². The van der Waals surface area contributed by atoms with Gasteiger partial charge in [0.05, 0.1) is 14.2 Å². The van der Waals surface area contributed by atoms with Crippen molar-refractivity contribution >= 4 is 21.9 Å². The van der Waals surface area contributed by atoms with Gasteiger partial charge in [0.1, 0.15) is 33.5 Å². The Balaban J connectivity index is 0.000000168. The summed E-state index contributed by atoms with van der Waals surface area (Å²) in [6, 6.07) is 23.4. The van der Waals surface area contributed by atoms with Crippen molar-refractivity contribution in [2.45, 2.75) is 0 Å². The lowest BCUT2D eigenvalue weighted by atomic mass is 10.1. The summed E-state index contributed by atoms with van der Waals surface area (Å²) in [5.74, 6) is -1.13. The van der Waals surface area contributed by atoms with E-state index in [-0.39, 0.29) is 39.2 Å². The van der Waals surface area contributed by atoms with Crippen molar-refractivity contribution in [2.24, 2.45) is 0 Å². The van der Waals surface area contributed by atoms with E-state index in [9.17, 15) is 30.0 Å². The Labute approximate surface area is 237 Å². The van der Waals surface area contributed by atoms with E-state index in [4.69, 9.17) is 18.3 Å². The summed E-state index contributed by atoms with van der Waals surface area (Å²) in [6.45, 7) is 0. The van der Waals surface area contributed by atoms with Crippen molar-refractivity contribution in [2.75, 3.05) is 14.2 Å². The van der Waals surface area contributed by atoms with Crippen molar-refractivity contribution in [1.29, 1.82) is 0 Å². The Morgan fingerprint density at radius 2 is 1.05 bits per heavy atom. The first-order chi connectivity index (χ1) is 20.2. The van der Waals surface area contributed by atoms with Crippen molar-refractivity contribution in [1.82, 2.24) is 0 Å². The Morgan fingerprint density at radius 3 is 1.52 bits per heavy atom. The summed E-state index contributed by atoms with van der Waals surface area (Å²) in [5, 5.41) is 39.4. The van der Waals surface area contributed by atoms with Gasteiger partial charge >= 0.3 is 0 Å². The molecule has 0 aliphatic rings. The zero-order valence-electron chi connectivity index (χ0n) is 22.3. The molecule has 0 bridgehead atoms. The van der Waals surface area contributed by atoms with Crippen LogP contribution in [0.25, 0.3) is 44.6 Å². The van der Waals surface area contributed by atoms with Gasteiger partial charge in [-0.3, -0.25) is 9.59 Å². The summed E-state index contributed by atoms with van der Waals surface area (Å²) >= 11 is 0. The Hall–Kier alpha value is -5.90. The molecule has 0 unspecified atom stereocenters. The third-order valence-electron chi connectivity index (χ3n) is 6.40. The molecule has 0 aliphatic carbocycles. The predicted molar refractivity (Wildman–Crippen MR) is 156 cm³/mol. The van der Waals surface area contributed by atoms with Crippen molar-refractivity contribution in [3.8, 4) is 57.1 Å². The first-order valence-corrected chi connectivity index (χ1v) is 12.5. The largest absolute Gasteiger partial charge is 0.504 e. The highest BCUT2D eigenvalue weighted by molar-refractivity contribution is 5.90. The number of methoxy groups -OCH3 is 2. The van der Waals surface area contributed by atoms with Gasteiger partial charge in [-0.15, -0.1) is 0 Å². The number of hydrogen-bond donors (Lipinski definition) is 4. The summed E-state index contributed by atoms with van der Waals surface area (Å²) in [4.78, 5) is 24.4. The Morgan fingerprint density at radius 1 is 0.571 bits per heavy atom. The molecule has 4 N–H and O–H groups in total. The van der Waals surface area contributed by atoms with Gasteiger partial charge in [0, 0.05) is 35.4 Å². The van der Waals surface area contributed by atoms with Crippen LogP contribution in [-0.4, -0.2) is 34.6 Å². The molecule has 0 spiro atoms. The highest BCUT2D eigenvalue weighted by Crippen LogP contribution is 2.42. The first kappa shape index (κ1) is 27.7. The number of rotatable bonds is 4. The predicted octanol–water partition coefficient (Wildman–Crippen LogP) is 5.76. The molecular formula is C32H24O10. The van der Waals surface area contributed by atoms with Gasteiger partial charge in [0.25, 0.3) is 0 Å². The molecule has 10 nitrogen and oxygen atoms in total. The van der Waals surface area contributed by atoms with Gasteiger partial charge in [-0.1, -0.05) is 60.7 Å². The molecule has 42 heavy (non-hydrogen) atoms. The molecular weight excluding hydrogens is 544 g/mol. The summed E-state index contributed by atoms with van der Waals surface area (Å²) in [7, 11) is 2.64. The average molecular weight is 569 g/mol. The van der Waals surface area contributed by atoms with E-state index in [0.717, 1.165) is 11.1 Å². The lowest BCUT2D eigenvalue weighted by molar-refractivity contribution is 0.346. The van der Waals surface area contributed by atoms with Crippen LogP contribution < -0.4 is 20.3 Å². The van der Waals surface area contributed by atoms with Crippen molar-refractivity contribution in [3.63, 3.8) is 0 Å². The third-order valence-corrected chi connectivity index (χ3v) is 6.40. The van der Waals surface area contributed by atoms with Crippen LogP contribution in [-0.2, 0) is 0 Å². The van der Waals surface area contributed by atoms with E-state index in [1.54, 1.807) is 12.1 Å². The molecule has 6 rings (SSSR count). The standard InChI is InChI=1S/2C16H12O5/c1-20-16-11(18)8-13-14(15(16)19)10(17)7-12(21-13)9-5-3-2-4-6-9;1-20-13-8-12-14(16(19)15(13)18)10(17)7-11(21-12)9-5-3-2-4-6-9/h2*2-8,18-19H,1H3. The topological polar surface area (TPSA) is 160 Å². The number of phenolic OH excluding ortho intramolecular Hbond substituents is 4. The molecule has 0 aliphatic heterocycles. The van der Waals surface area contributed by atoms with Gasteiger partial charge in [-0.05, 0) is 0 Å². The quantitative estimate of drug-likeness (QED) is 0.193. The van der Waals surface area contributed by atoms with E-state index < -0.39 is 28.1 Å². The van der Waals surface area contributed by atoms with E-state index >= 15 is 0 Å². The second-order valence-electron chi connectivity index (χ2n) is 8.98. The minimum absolute atomic E-state index is 0.0238. The molecule has 6 aromatic rings. The minimum atomic E-state index is -0.544. The van der Waals surface area contributed by atoms with Gasteiger partial charge in [0.2, 0.25) is 11.5 Å². The second-order valence-corrected chi connectivity index (χ2v) is 8.98. The van der Waals surface area contributed by atoms with Gasteiger partial charge in [-0.25, -0.2) is 0 Å². The maximum absolute atomic E-state index is 12.2. The molecule has 0 saturated heterocycles. The Kier molecular flexibility index (Phi) is 7.44. The normalized spacial score (nSPS) is 10.7. The summed E-state index contributed by atoms with van der Waals surface area (Å²) in [5.41, 5.74) is 0.858. The smallest absolute Gasteiger partial charge is 0.203 e. The highest BCUT2D eigenvalue weighted by Gasteiger charge is 2.19. The molecule has 0 atom stereocenters. The number of fused-ring (bicyclic) bond motifs is 2. The van der Waals surface area contributed by atoms with Crippen molar-refractivity contribution in [3.05, 3.63) is 105 Å². The van der Waals surface area contributed by atoms with Crippen molar-refractivity contribution < 1.29 is 38.7 Å². The fourth-order valence-corrected chi connectivity index (χ4v) is 4.39. The number of phenols is 4. The molecule has 0 radical (unpaired) electrons. The van der Waals surface area contributed by atoms with E-state index in [0.29, 0.717) is 11.5 Å². The molecule has 0 fully saturated rings. The lowest BCUT2D eigenvalue weighted by Gasteiger charge is -2.09. The summed E-state index contributed by atoms with van der Waals surface area (Å²) < 4.78 is 21.1. The van der Waals surface area contributed by atoms with E-state index in [1.807, 2.05) is 48.5 Å². The van der Waals surface area contributed by atoms with Crippen LogP contribution in [0.5, 0.6) is 34.5 Å². The molecule has 2 aromatic heterocycles. The molecule has 10 heteroatoms. The first-order valence-electron chi connectivity index (χ1n) is 12.5. The fraction of sp³-hybridized carbons (Fsp3) is 0.0625. The molecule has 0 saturated carbocycles. The fourth-order valence-electron chi connectivity index (χ4n) is 4.39. The van der Waals surface area contributed by atoms with Crippen LogP contribution in [0, 0.1) is 0 Å². The molecule has 2 heterocycles. The lowest BCUT2D eigenvalue weighted by Crippen LogP contribution is -2.01. The minimum Gasteiger partial charge on any atom is -0.504 e. The number of aromatic hydroxyl groups is 4.